The van der Waals surface area contributed by atoms with Gasteiger partial charge in [-0.2, -0.15) is 0 Å². The SMILES string of the molecule is Cc1cc(Br)cc(NC(=O)c2cc(Br)cnc2N)c1. The molecule has 0 fully saturated rings. The maximum Gasteiger partial charge on any atom is 0.259 e. The average Bonchev–Trinajstić information content (AvgIpc) is 2.30. The van der Waals surface area contributed by atoms with Crippen LogP contribution < -0.4 is 11.1 Å². The van der Waals surface area contributed by atoms with E-state index in [4.69, 9.17) is 5.73 Å². The molecule has 1 aromatic carbocycles. The second-order valence-electron chi connectivity index (χ2n) is 4.06. The van der Waals surface area contributed by atoms with Crippen molar-refractivity contribution in [1.29, 1.82) is 0 Å². The van der Waals surface area contributed by atoms with Gasteiger partial charge in [-0.15, -0.1) is 0 Å². The van der Waals surface area contributed by atoms with Gasteiger partial charge in [0.2, 0.25) is 0 Å². The molecule has 0 radical (unpaired) electrons. The number of nitrogens with two attached hydrogens (primary N) is 1. The zero-order valence-electron chi connectivity index (χ0n) is 10.1. The van der Waals surface area contributed by atoms with Crippen LogP contribution in [0.25, 0.3) is 0 Å². The number of amides is 1. The van der Waals surface area contributed by atoms with Crippen LogP contribution in [0.4, 0.5) is 11.5 Å². The number of pyridine rings is 1. The lowest BCUT2D eigenvalue weighted by Crippen LogP contribution is -2.15. The lowest BCUT2D eigenvalue weighted by molar-refractivity contribution is 0.102. The van der Waals surface area contributed by atoms with E-state index in [0.717, 1.165) is 10.0 Å². The summed E-state index contributed by atoms with van der Waals surface area (Å²) in [4.78, 5) is 16.1. The molecule has 0 spiro atoms. The summed E-state index contributed by atoms with van der Waals surface area (Å²) in [5.41, 5.74) is 7.79. The minimum Gasteiger partial charge on any atom is -0.383 e. The van der Waals surface area contributed by atoms with E-state index in [1.165, 1.54) is 0 Å². The molecule has 1 aromatic heterocycles. The number of rotatable bonds is 2. The van der Waals surface area contributed by atoms with Crippen molar-refractivity contribution in [1.82, 2.24) is 4.98 Å². The van der Waals surface area contributed by atoms with Crippen molar-refractivity contribution >= 4 is 49.3 Å². The summed E-state index contributed by atoms with van der Waals surface area (Å²) in [6, 6.07) is 7.31. The topological polar surface area (TPSA) is 68.0 Å². The zero-order chi connectivity index (χ0) is 14.0. The van der Waals surface area contributed by atoms with Crippen LogP contribution in [0.5, 0.6) is 0 Å². The molecule has 2 aromatic rings. The molecule has 98 valence electrons. The number of carbonyl (C=O) groups is 1. The smallest absolute Gasteiger partial charge is 0.259 e. The molecule has 6 heteroatoms. The lowest BCUT2D eigenvalue weighted by Gasteiger charge is -2.08. The predicted molar refractivity (Wildman–Crippen MR) is 83.2 cm³/mol. The molecule has 0 aliphatic heterocycles. The van der Waals surface area contributed by atoms with Crippen molar-refractivity contribution in [2.75, 3.05) is 11.1 Å². The number of aromatic nitrogens is 1. The van der Waals surface area contributed by atoms with Crippen LogP contribution in [-0.2, 0) is 0 Å². The van der Waals surface area contributed by atoms with Gasteiger partial charge in [-0.1, -0.05) is 15.9 Å². The monoisotopic (exact) mass is 383 g/mol. The molecule has 2 rings (SSSR count). The molecular weight excluding hydrogens is 374 g/mol. The van der Waals surface area contributed by atoms with Crippen molar-refractivity contribution in [3.05, 3.63) is 50.5 Å². The minimum absolute atomic E-state index is 0.201. The summed E-state index contributed by atoms with van der Waals surface area (Å²) in [7, 11) is 0. The average molecular weight is 385 g/mol. The third-order valence-electron chi connectivity index (χ3n) is 2.43. The number of nitrogens with zero attached hydrogens (tertiary/aromatic N) is 1. The third-order valence-corrected chi connectivity index (χ3v) is 3.32. The van der Waals surface area contributed by atoms with E-state index in [2.05, 4.69) is 42.2 Å². The molecule has 0 saturated heterocycles. The van der Waals surface area contributed by atoms with Crippen LogP contribution in [0.3, 0.4) is 0 Å². The minimum atomic E-state index is -0.288. The lowest BCUT2D eigenvalue weighted by atomic mass is 10.2. The van der Waals surface area contributed by atoms with E-state index < -0.39 is 0 Å². The number of benzene rings is 1. The quantitative estimate of drug-likeness (QED) is 0.828. The first kappa shape index (κ1) is 14.0. The fourth-order valence-electron chi connectivity index (χ4n) is 1.64. The van der Waals surface area contributed by atoms with Crippen LogP contribution in [0.2, 0.25) is 0 Å². The largest absolute Gasteiger partial charge is 0.383 e. The van der Waals surface area contributed by atoms with Gasteiger partial charge in [0.1, 0.15) is 5.82 Å². The number of aryl methyl sites for hydroxylation is 1. The maximum atomic E-state index is 12.1. The maximum absolute atomic E-state index is 12.1. The van der Waals surface area contributed by atoms with Gasteiger partial charge < -0.3 is 11.1 Å². The first-order valence-corrected chi connectivity index (χ1v) is 7.04. The number of nitrogens with one attached hydrogen (secondary N) is 1. The van der Waals surface area contributed by atoms with E-state index in [1.807, 2.05) is 25.1 Å². The Kier molecular flexibility index (Phi) is 4.21. The van der Waals surface area contributed by atoms with Gasteiger partial charge in [0, 0.05) is 20.8 Å². The van der Waals surface area contributed by atoms with Gasteiger partial charge in [0.25, 0.3) is 5.91 Å². The summed E-state index contributed by atoms with van der Waals surface area (Å²) in [5, 5.41) is 2.80. The fourth-order valence-corrected chi connectivity index (χ4v) is 2.58. The highest BCUT2D eigenvalue weighted by Crippen LogP contribution is 2.21. The zero-order valence-corrected chi connectivity index (χ0v) is 13.2. The normalized spacial score (nSPS) is 10.3. The van der Waals surface area contributed by atoms with Gasteiger partial charge in [-0.25, -0.2) is 4.98 Å². The molecule has 1 amide bonds. The third kappa shape index (κ3) is 3.54. The molecule has 0 bridgehead atoms. The Morgan fingerprint density at radius 2 is 1.95 bits per heavy atom. The van der Waals surface area contributed by atoms with Gasteiger partial charge in [0.15, 0.2) is 0 Å². The van der Waals surface area contributed by atoms with Crippen LogP contribution >= 0.6 is 31.9 Å². The molecule has 1 heterocycles. The van der Waals surface area contributed by atoms with Crippen molar-refractivity contribution in [3.8, 4) is 0 Å². The molecule has 0 aliphatic carbocycles. The Labute approximate surface area is 127 Å². The Morgan fingerprint density at radius 1 is 1.21 bits per heavy atom. The van der Waals surface area contributed by atoms with E-state index in [9.17, 15) is 4.79 Å². The van der Waals surface area contributed by atoms with E-state index in [-0.39, 0.29) is 11.7 Å². The number of carbonyl (C=O) groups excluding carboxylic acids is 1. The molecule has 0 saturated carbocycles. The number of nitrogen functional groups attached to an aromatic ring is 1. The van der Waals surface area contributed by atoms with Crippen molar-refractivity contribution in [2.24, 2.45) is 0 Å². The van der Waals surface area contributed by atoms with Gasteiger partial charge >= 0.3 is 0 Å². The summed E-state index contributed by atoms with van der Waals surface area (Å²) >= 11 is 6.66. The van der Waals surface area contributed by atoms with Crippen LogP contribution in [0.1, 0.15) is 15.9 Å². The van der Waals surface area contributed by atoms with E-state index >= 15 is 0 Å². The summed E-state index contributed by atoms with van der Waals surface area (Å²) in [5.74, 6) is -0.0868. The van der Waals surface area contributed by atoms with E-state index in [1.54, 1.807) is 12.3 Å². The number of hydrogen-bond acceptors (Lipinski definition) is 3. The molecule has 0 aliphatic rings. The second-order valence-corrected chi connectivity index (χ2v) is 5.89. The predicted octanol–water partition coefficient (Wildman–Crippen LogP) is 3.75. The standard InChI is InChI=1S/C13H11Br2N3O/c1-7-2-8(14)4-10(3-7)18-13(19)11-5-9(15)6-17-12(11)16/h2-6H,1H3,(H2,16,17)(H,18,19). The highest BCUT2D eigenvalue weighted by Gasteiger charge is 2.12. The number of anilines is 2. The molecule has 3 N–H and O–H groups in total. The first-order valence-electron chi connectivity index (χ1n) is 5.45. The second kappa shape index (κ2) is 5.71. The van der Waals surface area contributed by atoms with Crippen molar-refractivity contribution < 1.29 is 4.79 Å². The van der Waals surface area contributed by atoms with Crippen molar-refractivity contribution in [3.63, 3.8) is 0 Å². The summed E-state index contributed by atoms with van der Waals surface area (Å²) < 4.78 is 1.61. The summed E-state index contributed by atoms with van der Waals surface area (Å²) in [6.45, 7) is 1.95. The number of hydrogen-bond donors (Lipinski definition) is 2. The Bertz CT molecular complexity index is 624. The first-order chi connectivity index (χ1) is 8.95. The highest BCUT2D eigenvalue weighted by molar-refractivity contribution is 9.10. The van der Waals surface area contributed by atoms with Gasteiger partial charge in [-0.05, 0) is 52.7 Å². The van der Waals surface area contributed by atoms with Crippen LogP contribution in [0, 0.1) is 6.92 Å². The van der Waals surface area contributed by atoms with Crippen LogP contribution in [-0.4, -0.2) is 10.9 Å². The van der Waals surface area contributed by atoms with Gasteiger partial charge in [0.05, 0.1) is 5.56 Å². The molecule has 4 nitrogen and oxygen atoms in total. The van der Waals surface area contributed by atoms with E-state index in [0.29, 0.717) is 15.7 Å². The molecule has 19 heavy (non-hydrogen) atoms. The Hall–Kier alpha value is -1.40. The van der Waals surface area contributed by atoms with Crippen molar-refractivity contribution in [2.45, 2.75) is 6.92 Å². The van der Waals surface area contributed by atoms with Crippen LogP contribution in [0.15, 0.2) is 39.4 Å². The highest BCUT2D eigenvalue weighted by atomic mass is 79.9. The summed E-state index contributed by atoms with van der Waals surface area (Å²) in [6.07, 6.45) is 1.55. The Morgan fingerprint density at radius 3 is 2.63 bits per heavy atom. The van der Waals surface area contributed by atoms with Gasteiger partial charge in [-0.3, -0.25) is 4.79 Å². The molecule has 0 atom stereocenters. The molecular formula is C13H11Br2N3O. The number of halogens is 2. The molecule has 0 unspecified atom stereocenters. The Balaban J connectivity index is 2.28. The fraction of sp³-hybridized carbons (Fsp3) is 0.0769.